The van der Waals surface area contributed by atoms with Crippen LogP contribution in [0.2, 0.25) is 0 Å². The largest absolute Gasteiger partial charge is 0.308 e. The number of carbonyl (C=O) groups is 1. The van der Waals surface area contributed by atoms with Gasteiger partial charge in [-0.05, 0) is 19.1 Å². The number of nitriles is 1. The Labute approximate surface area is 136 Å². The number of aryl methyl sites for hydroxylation is 1. The number of thioether (sulfide) groups is 1. The Balaban J connectivity index is 2.09. The van der Waals surface area contributed by atoms with E-state index in [-0.39, 0.29) is 30.3 Å². The molecule has 0 saturated heterocycles. The van der Waals surface area contributed by atoms with Gasteiger partial charge in [-0.2, -0.15) is 5.26 Å². The highest BCUT2D eigenvalue weighted by Gasteiger charge is 2.19. The second-order valence-corrected chi connectivity index (χ2v) is 6.53. The Morgan fingerprint density at radius 3 is 2.91 bits per heavy atom. The molecule has 0 bridgehead atoms. The van der Waals surface area contributed by atoms with Crippen molar-refractivity contribution in [1.29, 1.82) is 5.26 Å². The van der Waals surface area contributed by atoms with E-state index in [1.807, 2.05) is 18.4 Å². The molecular weight excluding hydrogens is 321 g/mol. The predicted octanol–water partition coefficient (Wildman–Crippen LogP) is 3.63. The summed E-state index contributed by atoms with van der Waals surface area (Å²) < 4.78 is 14.7. The van der Waals surface area contributed by atoms with E-state index in [1.165, 1.54) is 34.1 Å². The van der Waals surface area contributed by atoms with Crippen molar-refractivity contribution in [3.05, 3.63) is 41.2 Å². The molecule has 0 radical (unpaired) electrons. The van der Waals surface area contributed by atoms with Gasteiger partial charge in [-0.1, -0.05) is 23.9 Å². The summed E-state index contributed by atoms with van der Waals surface area (Å²) >= 11 is 2.80. The van der Waals surface area contributed by atoms with E-state index < -0.39 is 5.82 Å². The molecule has 0 atom stereocenters. The number of anilines is 1. The summed E-state index contributed by atoms with van der Waals surface area (Å²) in [5.74, 6) is -0.547. The normalized spacial score (nSPS) is 10.2. The highest BCUT2D eigenvalue weighted by molar-refractivity contribution is 8.01. The number of halogens is 1. The topological polar surface area (TPSA) is 57.0 Å². The molecule has 0 spiro atoms. The van der Waals surface area contributed by atoms with Crippen LogP contribution in [0.3, 0.4) is 0 Å². The summed E-state index contributed by atoms with van der Waals surface area (Å²) in [7, 11) is 0. The van der Waals surface area contributed by atoms with Gasteiger partial charge in [0.1, 0.15) is 5.82 Å². The molecule has 4 nitrogen and oxygen atoms in total. The minimum absolute atomic E-state index is 0.154. The number of aromatic nitrogens is 1. The van der Waals surface area contributed by atoms with E-state index in [2.05, 4.69) is 4.98 Å². The first-order valence-electron chi connectivity index (χ1n) is 6.58. The van der Waals surface area contributed by atoms with Gasteiger partial charge in [0.2, 0.25) is 5.91 Å². The lowest BCUT2D eigenvalue weighted by molar-refractivity contribution is -0.116. The highest BCUT2D eigenvalue weighted by Crippen LogP contribution is 2.25. The van der Waals surface area contributed by atoms with Gasteiger partial charge in [0.05, 0.1) is 23.9 Å². The summed E-state index contributed by atoms with van der Waals surface area (Å²) in [5, 5.41) is 10.6. The van der Waals surface area contributed by atoms with Crippen LogP contribution >= 0.6 is 23.1 Å². The smallest absolute Gasteiger partial charge is 0.237 e. The van der Waals surface area contributed by atoms with Crippen LogP contribution in [0, 0.1) is 24.1 Å². The number of thiazole rings is 1. The number of carbonyl (C=O) groups excluding carboxylic acids is 1. The average molecular weight is 335 g/mol. The molecule has 0 N–H and O–H groups in total. The van der Waals surface area contributed by atoms with Crippen molar-refractivity contribution < 1.29 is 9.18 Å². The van der Waals surface area contributed by atoms with Crippen molar-refractivity contribution in [1.82, 2.24) is 4.98 Å². The first-order valence-corrected chi connectivity index (χ1v) is 8.45. The van der Waals surface area contributed by atoms with Gasteiger partial charge in [0.25, 0.3) is 0 Å². The molecule has 1 aromatic heterocycles. The first-order chi connectivity index (χ1) is 10.6. The summed E-state index contributed by atoms with van der Waals surface area (Å²) in [5.41, 5.74) is 1.12. The first kappa shape index (κ1) is 16.5. The SMILES string of the molecule is Cc1csc(SCC(=O)N(CCC#N)c2ccccc2F)n1. The van der Waals surface area contributed by atoms with Crippen molar-refractivity contribution in [2.75, 3.05) is 17.2 Å². The molecule has 1 amide bonds. The number of para-hydroxylation sites is 1. The Morgan fingerprint density at radius 1 is 1.50 bits per heavy atom. The molecule has 0 aliphatic heterocycles. The minimum atomic E-state index is -0.469. The van der Waals surface area contributed by atoms with Crippen LogP contribution in [0.5, 0.6) is 0 Å². The third-order valence-corrected chi connectivity index (χ3v) is 4.93. The van der Waals surface area contributed by atoms with Gasteiger partial charge in [-0.15, -0.1) is 11.3 Å². The number of nitrogens with zero attached hydrogens (tertiary/aromatic N) is 3. The van der Waals surface area contributed by atoms with E-state index in [0.717, 1.165) is 10.0 Å². The number of hydrogen-bond donors (Lipinski definition) is 0. The van der Waals surface area contributed by atoms with Crippen molar-refractivity contribution in [2.24, 2.45) is 0 Å². The molecule has 1 heterocycles. The summed E-state index contributed by atoms with van der Waals surface area (Å²) in [4.78, 5) is 18.0. The fourth-order valence-electron chi connectivity index (χ4n) is 1.81. The van der Waals surface area contributed by atoms with Crippen LogP contribution in [-0.2, 0) is 4.79 Å². The minimum Gasteiger partial charge on any atom is -0.308 e. The fourth-order valence-corrected chi connectivity index (χ4v) is 3.54. The van der Waals surface area contributed by atoms with Gasteiger partial charge in [-0.3, -0.25) is 4.79 Å². The van der Waals surface area contributed by atoms with Crippen molar-refractivity contribution in [2.45, 2.75) is 17.7 Å². The second-order valence-electron chi connectivity index (χ2n) is 4.45. The predicted molar refractivity (Wildman–Crippen MR) is 86.6 cm³/mol. The van der Waals surface area contributed by atoms with Crippen LogP contribution in [0.25, 0.3) is 0 Å². The monoisotopic (exact) mass is 335 g/mol. The molecule has 2 aromatic rings. The lowest BCUT2D eigenvalue weighted by Gasteiger charge is -2.21. The molecular formula is C15H14FN3OS2. The maximum absolute atomic E-state index is 13.9. The zero-order chi connectivity index (χ0) is 15.9. The van der Waals surface area contributed by atoms with Crippen molar-refractivity contribution in [3.8, 4) is 6.07 Å². The average Bonchev–Trinajstić information content (AvgIpc) is 2.93. The highest BCUT2D eigenvalue weighted by atomic mass is 32.2. The van der Waals surface area contributed by atoms with Gasteiger partial charge < -0.3 is 4.90 Å². The molecule has 0 aliphatic rings. The van der Waals surface area contributed by atoms with E-state index in [9.17, 15) is 9.18 Å². The van der Waals surface area contributed by atoms with Gasteiger partial charge in [0, 0.05) is 17.6 Å². The molecule has 7 heteroatoms. The lowest BCUT2D eigenvalue weighted by atomic mass is 10.2. The van der Waals surface area contributed by atoms with Crippen LogP contribution in [0.4, 0.5) is 10.1 Å². The molecule has 0 unspecified atom stereocenters. The molecule has 1 aromatic carbocycles. The molecule has 0 aliphatic carbocycles. The van der Waals surface area contributed by atoms with Gasteiger partial charge in [-0.25, -0.2) is 9.37 Å². The fraction of sp³-hybridized carbons (Fsp3) is 0.267. The lowest BCUT2D eigenvalue weighted by Crippen LogP contribution is -2.34. The Bertz CT molecular complexity index is 696. The number of rotatable bonds is 6. The third kappa shape index (κ3) is 4.29. The zero-order valence-electron chi connectivity index (χ0n) is 12.0. The van der Waals surface area contributed by atoms with Crippen molar-refractivity contribution in [3.63, 3.8) is 0 Å². The quantitative estimate of drug-likeness (QED) is 0.757. The molecule has 0 fully saturated rings. The maximum atomic E-state index is 13.9. The number of benzene rings is 1. The Morgan fingerprint density at radius 2 is 2.27 bits per heavy atom. The second kappa shape index (κ2) is 7.92. The summed E-state index contributed by atoms with van der Waals surface area (Å²) in [6.45, 7) is 2.06. The number of hydrogen-bond acceptors (Lipinski definition) is 5. The van der Waals surface area contributed by atoms with E-state index in [0.29, 0.717) is 0 Å². The molecule has 0 saturated carbocycles. The van der Waals surface area contributed by atoms with E-state index in [1.54, 1.807) is 18.2 Å². The van der Waals surface area contributed by atoms with Crippen LogP contribution in [0.1, 0.15) is 12.1 Å². The summed E-state index contributed by atoms with van der Waals surface area (Å²) in [6.07, 6.45) is 0.154. The number of amides is 1. The van der Waals surface area contributed by atoms with E-state index in [4.69, 9.17) is 5.26 Å². The summed E-state index contributed by atoms with van der Waals surface area (Å²) in [6, 6.07) is 8.07. The zero-order valence-corrected chi connectivity index (χ0v) is 13.6. The van der Waals surface area contributed by atoms with Crippen LogP contribution < -0.4 is 4.90 Å². The van der Waals surface area contributed by atoms with Crippen LogP contribution in [0.15, 0.2) is 34.0 Å². The van der Waals surface area contributed by atoms with E-state index >= 15 is 0 Å². The Hall–Kier alpha value is -1.91. The molecule has 114 valence electrons. The van der Waals surface area contributed by atoms with Crippen LogP contribution in [-0.4, -0.2) is 23.2 Å². The Kier molecular flexibility index (Phi) is 5.92. The standard InChI is InChI=1S/C15H14FN3OS2/c1-11-9-21-15(18-11)22-10-14(20)19(8-4-7-17)13-6-3-2-5-12(13)16/h2-3,5-6,9H,4,8,10H2,1H3. The van der Waals surface area contributed by atoms with Crippen molar-refractivity contribution >= 4 is 34.7 Å². The molecule has 22 heavy (non-hydrogen) atoms. The van der Waals surface area contributed by atoms with Gasteiger partial charge in [0.15, 0.2) is 4.34 Å². The maximum Gasteiger partial charge on any atom is 0.237 e. The van der Waals surface area contributed by atoms with Gasteiger partial charge >= 0.3 is 0 Å². The third-order valence-electron chi connectivity index (χ3n) is 2.81. The molecule has 2 rings (SSSR count).